The Morgan fingerprint density at radius 3 is 2.34 bits per heavy atom. The molecule has 5 rings (SSSR count). The summed E-state index contributed by atoms with van der Waals surface area (Å²) >= 11 is 6.83. The molecule has 0 aliphatic carbocycles. The number of benzene rings is 1. The second kappa shape index (κ2) is 26.1. The van der Waals surface area contributed by atoms with E-state index in [1.807, 2.05) is 13.0 Å². The Balaban J connectivity index is 1.28. The van der Waals surface area contributed by atoms with Crippen LogP contribution in [0.5, 0.6) is 5.75 Å². The van der Waals surface area contributed by atoms with Crippen LogP contribution < -0.4 is 20.3 Å². The molecule has 21 heteroatoms. The standard InChI is InChI=1S/C52H78ClN5O15/c1-32-13-12-14-40(67-11)52(65)31-39(70-49(64)55-52)33(2)47-51(7,73-47)41(30-44(61)57(9)37-28-35(27-32)29-38(66-10)46(37)53)71-48(63)34(3)56(8)42(59)15-16-43(60)58(36-17-20-54-21-18-36)22-24-69-26-25-68-23-19-45(62)72-50(4,5)6/h12-14,28-29,33-34,36,39-41,47,54,65H,15-27,30-31H2,1-11H3,(H,55,64)/b14-12+,32-13+/t33-,34+,39?,40-,41+,47?,51+,52+/m1/s1. The fraction of sp³-hybridized carbons (Fsp3) is 0.692. The number of hydrogen-bond acceptors (Lipinski definition) is 16. The summed E-state index contributed by atoms with van der Waals surface area (Å²) in [6, 6.07) is 2.35. The Bertz CT molecular complexity index is 2180. The lowest BCUT2D eigenvalue weighted by atomic mass is 9.83. The Labute approximate surface area is 434 Å². The molecule has 8 atom stereocenters. The van der Waals surface area contributed by atoms with Gasteiger partial charge in [0.05, 0.1) is 58.2 Å². The third kappa shape index (κ3) is 16.1. The van der Waals surface area contributed by atoms with Crippen molar-refractivity contribution in [3.8, 4) is 5.75 Å². The summed E-state index contributed by atoms with van der Waals surface area (Å²) < 4.78 is 46.1. The summed E-state index contributed by atoms with van der Waals surface area (Å²) in [5, 5.41) is 17.9. The molecule has 4 amide bonds. The zero-order valence-corrected chi connectivity index (χ0v) is 45.2. The van der Waals surface area contributed by atoms with Crippen LogP contribution in [0.1, 0.15) is 99.0 Å². The van der Waals surface area contributed by atoms with Crippen LogP contribution in [0.3, 0.4) is 0 Å². The zero-order valence-electron chi connectivity index (χ0n) is 44.4. The van der Waals surface area contributed by atoms with Gasteiger partial charge >= 0.3 is 18.0 Å². The van der Waals surface area contributed by atoms with Crippen molar-refractivity contribution in [2.75, 3.05) is 79.3 Å². The summed E-state index contributed by atoms with van der Waals surface area (Å²) in [5.74, 6) is -2.61. The second-order valence-electron chi connectivity index (χ2n) is 20.5. The van der Waals surface area contributed by atoms with E-state index in [2.05, 4.69) is 10.6 Å². The molecule has 4 bridgehead atoms. The second-order valence-corrected chi connectivity index (χ2v) is 20.9. The number of nitrogens with one attached hydrogen (secondary N) is 2. The number of nitrogens with zero attached hydrogens (tertiary/aromatic N) is 3. The normalized spacial score (nSPS) is 27.5. The lowest BCUT2D eigenvalue weighted by Gasteiger charge is -2.42. The van der Waals surface area contributed by atoms with E-state index in [-0.39, 0.29) is 81.5 Å². The molecule has 3 fully saturated rings. The van der Waals surface area contributed by atoms with Gasteiger partial charge in [-0.25, -0.2) is 9.59 Å². The third-order valence-corrected chi connectivity index (χ3v) is 14.2. The minimum absolute atomic E-state index is 0.0495. The predicted octanol–water partition coefficient (Wildman–Crippen LogP) is 4.64. The van der Waals surface area contributed by atoms with E-state index >= 15 is 0 Å². The SMILES string of the molecule is COc1cc2cc(c1Cl)N(C)C(=O)C[C@H](OC(=O)[C@H](C)N(C)C(=O)CCC(=O)N(CCOCCOCCC(=O)OC(C)(C)C)C1CCNCC1)[C@]1(C)OC1[C@H](C)C1C[C@@](O)(NC(=O)O1)[C@H](OC)/C=C/C=C(\C)C2. The number of rotatable bonds is 18. The first kappa shape index (κ1) is 59.1. The molecule has 3 N–H and O–H groups in total. The maximum atomic E-state index is 14.4. The number of carbonyl (C=O) groups excluding carboxylic acids is 6. The molecule has 0 radical (unpaired) electrons. The summed E-state index contributed by atoms with van der Waals surface area (Å²) in [5.41, 5.74) is -1.72. The van der Waals surface area contributed by atoms with Gasteiger partial charge in [0.25, 0.3) is 0 Å². The number of esters is 2. The van der Waals surface area contributed by atoms with Crippen LogP contribution in [0.15, 0.2) is 35.9 Å². The highest BCUT2D eigenvalue weighted by Crippen LogP contribution is 2.49. The van der Waals surface area contributed by atoms with Crippen molar-refractivity contribution >= 4 is 53.0 Å². The van der Waals surface area contributed by atoms with E-state index in [4.69, 9.17) is 49.5 Å². The summed E-state index contributed by atoms with van der Waals surface area (Å²) in [7, 11) is 5.90. The van der Waals surface area contributed by atoms with E-state index in [1.165, 1.54) is 38.0 Å². The van der Waals surface area contributed by atoms with Gasteiger partial charge in [-0.1, -0.05) is 42.3 Å². The van der Waals surface area contributed by atoms with Crippen molar-refractivity contribution in [1.82, 2.24) is 20.4 Å². The van der Waals surface area contributed by atoms with E-state index in [9.17, 15) is 33.9 Å². The summed E-state index contributed by atoms with van der Waals surface area (Å²) in [4.78, 5) is 85.5. The topological polar surface area (TPSA) is 234 Å². The van der Waals surface area contributed by atoms with E-state index in [0.717, 1.165) is 37.1 Å². The van der Waals surface area contributed by atoms with Crippen molar-refractivity contribution < 1.29 is 71.8 Å². The van der Waals surface area contributed by atoms with Crippen molar-refractivity contribution in [3.63, 3.8) is 0 Å². The molecule has 1 aromatic rings. The Morgan fingerprint density at radius 2 is 1.68 bits per heavy atom. The number of fused-ring (bicyclic) bond motifs is 5. The highest BCUT2D eigenvalue weighted by Gasteiger charge is 2.64. The molecule has 1 aromatic carbocycles. The van der Waals surface area contributed by atoms with Crippen molar-refractivity contribution in [3.05, 3.63) is 46.5 Å². The molecule has 0 aromatic heterocycles. The number of anilines is 1. The Morgan fingerprint density at radius 1 is 1.01 bits per heavy atom. The number of methoxy groups -OCH3 is 2. The molecule has 73 heavy (non-hydrogen) atoms. The Kier molecular flexibility index (Phi) is 21.1. The fourth-order valence-electron chi connectivity index (χ4n) is 9.41. The molecule has 0 saturated carbocycles. The zero-order chi connectivity index (χ0) is 53.8. The molecule has 4 aliphatic rings. The quantitative estimate of drug-likeness (QED) is 0.0787. The van der Waals surface area contributed by atoms with Gasteiger partial charge in [0.1, 0.15) is 46.3 Å². The molecule has 408 valence electrons. The van der Waals surface area contributed by atoms with Gasteiger partial charge in [0.15, 0.2) is 5.72 Å². The first-order valence-electron chi connectivity index (χ1n) is 25.1. The van der Waals surface area contributed by atoms with E-state index in [1.54, 1.807) is 70.9 Å². The predicted molar refractivity (Wildman–Crippen MR) is 270 cm³/mol. The minimum atomic E-state index is -1.88. The average Bonchev–Trinajstić information content (AvgIpc) is 4.04. The number of halogens is 1. The molecule has 0 spiro atoms. The van der Waals surface area contributed by atoms with Gasteiger partial charge in [-0.3, -0.25) is 24.5 Å². The molecular formula is C52H78ClN5O15. The van der Waals surface area contributed by atoms with Gasteiger partial charge in [0.2, 0.25) is 17.7 Å². The average molecular weight is 1050 g/mol. The maximum absolute atomic E-state index is 14.4. The number of piperidine rings is 1. The van der Waals surface area contributed by atoms with Crippen LogP contribution in [0.2, 0.25) is 5.02 Å². The van der Waals surface area contributed by atoms with Crippen molar-refractivity contribution in [1.29, 1.82) is 0 Å². The summed E-state index contributed by atoms with van der Waals surface area (Å²) in [6.07, 6.45) is 1.74. The summed E-state index contributed by atoms with van der Waals surface area (Å²) in [6.45, 7) is 15.0. The van der Waals surface area contributed by atoms with Gasteiger partial charge in [-0.2, -0.15) is 0 Å². The molecule has 4 aliphatic heterocycles. The van der Waals surface area contributed by atoms with Gasteiger partial charge in [0, 0.05) is 59.0 Å². The maximum Gasteiger partial charge on any atom is 0.409 e. The number of hydrogen-bond donors (Lipinski definition) is 3. The van der Waals surface area contributed by atoms with Crippen molar-refractivity contribution in [2.45, 2.75) is 153 Å². The van der Waals surface area contributed by atoms with E-state index in [0.29, 0.717) is 24.4 Å². The van der Waals surface area contributed by atoms with Crippen LogP contribution in [0.25, 0.3) is 0 Å². The first-order chi connectivity index (χ1) is 34.4. The number of amides is 4. The number of likely N-dealkylation sites (N-methyl/N-ethyl adjacent to an activating group) is 1. The van der Waals surface area contributed by atoms with Crippen LogP contribution in [0, 0.1) is 5.92 Å². The largest absolute Gasteiger partial charge is 0.495 e. The highest BCUT2D eigenvalue weighted by molar-refractivity contribution is 6.35. The number of allylic oxidation sites excluding steroid dienone is 3. The van der Waals surface area contributed by atoms with Crippen LogP contribution in [-0.4, -0.2) is 178 Å². The molecular weight excluding hydrogens is 970 g/mol. The molecule has 3 saturated heterocycles. The molecule has 2 unspecified atom stereocenters. The highest BCUT2D eigenvalue weighted by atomic mass is 35.5. The molecule has 20 nitrogen and oxygen atoms in total. The van der Waals surface area contributed by atoms with Gasteiger partial charge in [-0.15, -0.1) is 0 Å². The lowest BCUT2D eigenvalue weighted by Crippen LogP contribution is -2.63. The van der Waals surface area contributed by atoms with Crippen LogP contribution in [0.4, 0.5) is 10.5 Å². The smallest absolute Gasteiger partial charge is 0.409 e. The minimum Gasteiger partial charge on any atom is -0.495 e. The fourth-order valence-corrected chi connectivity index (χ4v) is 9.73. The van der Waals surface area contributed by atoms with Gasteiger partial charge < -0.3 is 63.0 Å². The number of alkyl carbamates (subject to hydrolysis) is 1. The van der Waals surface area contributed by atoms with Crippen LogP contribution in [-0.2, 0) is 63.6 Å². The third-order valence-electron chi connectivity index (χ3n) is 13.9. The number of epoxide rings is 1. The first-order valence-corrected chi connectivity index (χ1v) is 25.5. The molecule has 4 heterocycles. The Hall–Kier alpha value is -4.83. The van der Waals surface area contributed by atoms with Crippen LogP contribution >= 0.6 is 11.6 Å². The number of aliphatic hydroxyl groups is 1. The lowest BCUT2D eigenvalue weighted by molar-refractivity contribution is -0.162. The number of ether oxygens (including phenoxy) is 8. The van der Waals surface area contributed by atoms with Gasteiger partial charge in [-0.05, 0) is 91.6 Å². The number of carbonyl (C=O) groups is 6. The van der Waals surface area contributed by atoms with E-state index < -0.39 is 77.2 Å². The van der Waals surface area contributed by atoms with Crippen molar-refractivity contribution in [2.24, 2.45) is 5.92 Å². The monoisotopic (exact) mass is 1050 g/mol.